The zero-order chi connectivity index (χ0) is 15.5. The second-order valence-electron chi connectivity index (χ2n) is 5.36. The van der Waals surface area contributed by atoms with Crippen molar-refractivity contribution in [3.8, 4) is 17.6 Å². The Kier molecular flexibility index (Phi) is 8.98. The fourth-order valence-corrected chi connectivity index (χ4v) is 1.83. The number of aryl methyl sites for hydroxylation is 1. The van der Waals surface area contributed by atoms with E-state index in [4.69, 9.17) is 21.1 Å². The van der Waals surface area contributed by atoms with Crippen LogP contribution in [-0.4, -0.2) is 25.7 Å². The fourth-order valence-electron chi connectivity index (χ4n) is 1.73. The molecule has 0 aliphatic rings. The molecular formula is C18H25ClO2. The monoisotopic (exact) mass is 308 g/mol. The van der Waals surface area contributed by atoms with Gasteiger partial charge < -0.3 is 9.47 Å². The van der Waals surface area contributed by atoms with E-state index in [9.17, 15) is 0 Å². The van der Waals surface area contributed by atoms with Gasteiger partial charge in [0.1, 0.15) is 12.4 Å². The number of alkyl halides is 1. The quantitative estimate of drug-likeness (QED) is 0.402. The van der Waals surface area contributed by atoms with Crippen molar-refractivity contribution in [2.24, 2.45) is 5.92 Å². The maximum Gasteiger partial charge on any atom is 0.122 e. The zero-order valence-corrected chi connectivity index (χ0v) is 14.0. The minimum absolute atomic E-state index is 0.573. The molecule has 116 valence electrons. The topological polar surface area (TPSA) is 18.5 Å². The highest BCUT2D eigenvalue weighted by molar-refractivity contribution is 6.18. The first kappa shape index (κ1) is 17.9. The van der Waals surface area contributed by atoms with Crippen molar-refractivity contribution in [2.45, 2.75) is 33.6 Å². The van der Waals surface area contributed by atoms with Gasteiger partial charge >= 0.3 is 0 Å². The van der Waals surface area contributed by atoms with E-state index in [1.54, 1.807) is 0 Å². The normalized spacial score (nSPS) is 10.3. The third kappa shape index (κ3) is 7.99. The van der Waals surface area contributed by atoms with Crippen molar-refractivity contribution in [1.29, 1.82) is 0 Å². The molecule has 0 amide bonds. The van der Waals surface area contributed by atoms with E-state index in [1.807, 2.05) is 25.1 Å². The molecular weight excluding hydrogens is 284 g/mol. The number of hydrogen-bond acceptors (Lipinski definition) is 2. The Labute approximate surface area is 133 Å². The SMILES string of the molecule is Cc1cc(C#CCCCl)ccc1OCCOCCC(C)C. The Morgan fingerprint density at radius 3 is 2.67 bits per heavy atom. The van der Waals surface area contributed by atoms with Crippen LogP contribution >= 0.6 is 11.6 Å². The number of rotatable bonds is 8. The van der Waals surface area contributed by atoms with Crippen LogP contribution < -0.4 is 4.74 Å². The van der Waals surface area contributed by atoms with Gasteiger partial charge in [-0.05, 0) is 43.0 Å². The molecule has 0 fully saturated rings. The third-order valence-corrected chi connectivity index (χ3v) is 3.14. The van der Waals surface area contributed by atoms with Gasteiger partial charge in [0, 0.05) is 24.5 Å². The van der Waals surface area contributed by atoms with Crippen molar-refractivity contribution < 1.29 is 9.47 Å². The lowest BCUT2D eigenvalue weighted by molar-refractivity contribution is 0.0924. The molecule has 0 saturated heterocycles. The molecule has 21 heavy (non-hydrogen) atoms. The summed E-state index contributed by atoms with van der Waals surface area (Å²) in [5.41, 5.74) is 2.09. The summed E-state index contributed by atoms with van der Waals surface area (Å²) in [7, 11) is 0. The standard InChI is InChI=1S/C18H25ClO2/c1-15(2)9-11-20-12-13-21-18-8-7-17(14-16(18)3)6-4-5-10-19/h7-8,14-15H,5,9-13H2,1-3H3. The summed E-state index contributed by atoms with van der Waals surface area (Å²) in [6.45, 7) is 8.43. The molecule has 0 heterocycles. The average Bonchev–Trinajstić information content (AvgIpc) is 2.44. The first-order valence-corrected chi connectivity index (χ1v) is 8.03. The molecule has 0 aromatic heterocycles. The van der Waals surface area contributed by atoms with E-state index in [-0.39, 0.29) is 0 Å². The number of ether oxygens (including phenoxy) is 2. The van der Waals surface area contributed by atoms with Crippen molar-refractivity contribution >= 4 is 11.6 Å². The summed E-state index contributed by atoms with van der Waals surface area (Å²) >= 11 is 5.60. The molecule has 0 spiro atoms. The molecule has 0 N–H and O–H groups in total. The van der Waals surface area contributed by atoms with Crippen molar-refractivity contribution in [3.63, 3.8) is 0 Å². The van der Waals surface area contributed by atoms with Crippen LogP contribution in [-0.2, 0) is 4.74 Å². The summed E-state index contributed by atoms with van der Waals surface area (Å²) in [6, 6.07) is 5.98. The lowest BCUT2D eigenvalue weighted by Crippen LogP contribution is -2.09. The molecule has 2 nitrogen and oxygen atoms in total. The highest BCUT2D eigenvalue weighted by atomic mass is 35.5. The van der Waals surface area contributed by atoms with Gasteiger partial charge in [-0.3, -0.25) is 0 Å². The van der Waals surface area contributed by atoms with E-state index in [1.165, 1.54) is 0 Å². The van der Waals surface area contributed by atoms with Gasteiger partial charge in [-0.2, -0.15) is 0 Å². The average molecular weight is 309 g/mol. The minimum atomic E-state index is 0.573. The molecule has 3 heteroatoms. The molecule has 0 aliphatic heterocycles. The van der Waals surface area contributed by atoms with Crippen molar-refractivity contribution in [1.82, 2.24) is 0 Å². The largest absolute Gasteiger partial charge is 0.491 e. The zero-order valence-electron chi connectivity index (χ0n) is 13.2. The van der Waals surface area contributed by atoms with E-state index in [0.717, 1.165) is 29.9 Å². The maximum atomic E-state index is 5.73. The Hall–Kier alpha value is -1.17. The van der Waals surface area contributed by atoms with E-state index < -0.39 is 0 Å². The Morgan fingerprint density at radius 1 is 1.19 bits per heavy atom. The van der Waals surface area contributed by atoms with Gasteiger partial charge in [0.05, 0.1) is 6.61 Å². The van der Waals surface area contributed by atoms with E-state index in [2.05, 4.69) is 25.7 Å². The molecule has 1 rings (SSSR count). The number of hydrogen-bond donors (Lipinski definition) is 0. The van der Waals surface area contributed by atoms with Crippen LogP contribution in [0.25, 0.3) is 0 Å². The molecule has 0 aliphatic carbocycles. The lowest BCUT2D eigenvalue weighted by atomic mass is 10.1. The summed E-state index contributed by atoms with van der Waals surface area (Å²) in [5.74, 6) is 8.27. The summed E-state index contributed by atoms with van der Waals surface area (Å²) in [5, 5.41) is 0. The number of halogens is 1. The molecule has 0 bridgehead atoms. The van der Waals surface area contributed by atoms with Crippen LogP contribution in [0.2, 0.25) is 0 Å². The molecule has 1 aromatic rings. The molecule has 0 atom stereocenters. The first-order valence-electron chi connectivity index (χ1n) is 7.49. The maximum absolute atomic E-state index is 5.73. The second kappa shape index (κ2) is 10.5. The van der Waals surface area contributed by atoms with Crippen LogP contribution in [0, 0.1) is 24.7 Å². The van der Waals surface area contributed by atoms with Crippen LogP contribution in [0.1, 0.15) is 37.8 Å². The smallest absolute Gasteiger partial charge is 0.122 e. The highest BCUT2D eigenvalue weighted by Gasteiger charge is 2.00. The second-order valence-corrected chi connectivity index (χ2v) is 5.74. The fraction of sp³-hybridized carbons (Fsp3) is 0.556. The van der Waals surface area contributed by atoms with Gasteiger partial charge in [-0.15, -0.1) is 11.6 Å². The van der Waals surface area contributed by atoms with Gasteiger partial charge in [-0.25, -0.2) is 0 Å². The highest BCUT2D eigenvalue weighted by Crippen LogP contribution is 2.18. The number of benzene rings is 1. The van der Waals surface area contributed by atoms with Gasteiger partial charge in [0.25, 0.3) is 0 Å². The van der Waals surface area contributed by atoms with Gasteiger partial charge in [0.2, 0.25) is 0 Å². The van der Waals surface area contributed by atoms with E-state index >= 15 is 0 Å². The Morgan fingerprint density at radius 2 is 2.00 bits per heavy atom. The third-order valence-electron chi connectivity index (χ3n) is 2.95. The Balaban J connectivity index is 2.34. The molecule has 1 aromatic carbocycles. The molecule has 0 radical (unpaired) electrons. The van der Waals surface area contributed by atoms with Crippen LogP contribution in [0.15, 0.2) is 18.2 Å². The van der Waals surface area contributed by atoms with Crippen LogP contribution in [0.3, 0.4) is 0 Å². The predicted octanol–water partition coefficient (Wildman–Crippen LogP) is 4.42. The summed E-state index contributed by atoms with van der Waals surface area (Å²) < 4.78 is 11.3. The van der Waals surface area contributed by atoms with Crippen molar-refractivity contribution in [2.75, 3.05) is 25.7 Å². The summed E-state index contributed by atoms with van der Waals surface area (Å²) in [4.78, 5) is 0. The van der Waals surface area contributed by atoms with Crippen molar-refractivity contribution in [3.05, 3.63) is 29.3 Å². The van der Waals surface area contributed by atoms with Gasteiger partial charge in [0.15, 0.2) is 0 Å². The van der Waals surface area contributed by atoms with Gasteiger partial charge in [-0.1, -0.05) is 25.7 Å². The molecule has 0 unspecified atom stereocenters. The lowest BCUT2D eigenvalue weighted by Gasteiger charge is -2.10. The van der Waals surface area contributed by atoms with E-state index in [0.29, 0.717) is 31.4 Å². The van der Waals surface area contributed by atoms with Crippen LogP contribution in [0.5, 0.6) is 5.75 Å². The first-order chi connectivity index (χ1) is 10.1. The summed E-state index contributed by atoms with van der Waals surface area (Å²) in [6.07, 6.45) is 1.81. The predicted molar refractivity (Wildman–Crippen MR) is 89.2 cm³/mol. The minimum Gasteiger partial charge on any atom is -0.491 e. The molecule has 0 saturated carbocycles. The van der Waals surface area contributed by atoms with Crippen LogP contribution in [0.4, 0.5) is 0 Å². The Bertz CT molecular complexity index is 472.